The maximum atomic E-state index is 13.0. The molecular formula is C44H33N9Na5O17S5. The van der Waals surface area contributed by atoms with Crippen molar-refractivity contribution in [1.29, 1.82) is 0 Å². The van der Waals surface area contributed by atoms with Crippen molar-refractivity contribution in [3.8, 4) is 11.5 Å². The summed E-state index contributed by atoms with van der Waals surface area (Å²) in [5, 5.41) is 44.3. The Morgan fingerprint density at radius 2 is 0.825 bits per heavy atom. The number of aromatic hydroxyl groups is 1. The number of rotatable bonds is 15. The average molecular weight is 1240 g/mol. The minimum atomic E-state index is -5.31. The Morgan fingerprint density at radius 3 is 1.34 bits per heavy atom. The molecule has 80 heavy (non-hydrogen) atoms. The molecule has 36 heteroatoms. The Morgan fingerprint density at radius 1 is 0.400 bits per heavy atom. The maximum absolute atomic E-state index is 13.0. The van der Waals surface area contributed by atoms with Crippen molar-refractivity contribution in [3.05, 3.63) is 121 Å². The Hall–Kier alpha value is -3.11. The zero-order valence-corrected chi connectivity index (χ0v) is 56.7. The first-order valence-corrected chi connectivity index (χ1v) is 27.9. The van der Waals surface area contributed by atoms with E-state index in [9.17, 15) is 70.0 Å². The summed E-state index contributed by atoms with van der Waals surface area (Å²) in [6.07, 6.45) is 0. The first kappa shape index (κ1) is 71.2. The molecule has 391 valence electrons. The van der Waals surface area contributed by atoms with Crippen LogP contribution in [0, 0.1) is 0 Å². The first-order chi connectivity index (χ1) is 35.1. The molecule has 0 bridgehead atoms. The summed E-state index contributed by atoms with van der Waals surface area (Å²) in [5.74, 6) is -1.06. The third-order valence-electron chi connectivity index (χ3n) is 10.7. The summed E-state index contributed by atoms with van der Waals surface area (Å²) in [4.78, 5) is -3.25. The summed E-state index contributed by atoms with van der Waals surface area (Å²) in [6, 6.07) is 23.2. The van der Waals surface area contributed by atoms with E-state index in [1.807, 2.05) is 0 Å². The van der Waals surface area contributed by atoms with E-state index in [1.165, 1.54) is 60.7 Å². The van der Waals surface area contributed by atoms with Crippen molar-refractivity contribution in [2.75, 3.05) is 12.3 Å². The molecule has 0 amide bonds. The fourth-order valence-corrected chi connectivity index (χ4v) is 9.96. The van der Waals surface area contributed by atoms with Gasteiger partial charge in [0.05, 0.1) is 60.3 Å². The maximum Gasteiger partial charge on any atom is 0.296 e. The number of fused-ring (bicyclic) bond motifs is 3. The molecule has 0 aliphatic heterocycles. The van der Waals surface area contributed by atoms with Gasteiger partial charge in [-0.3, -0.25) is 22.8 Å². The quantitative estimate of drug-likeness (QED) is 0.0218. The number of anilines is 1. The molecule has 8 rings (SSSR count). The fourth-order valence-electron chi connectivity index (χ4n) is 7.25. The topological polar surface area (TPSA) is 426 Å². The van der Waals surface area contributed by atoms with E-state index in [0.717, 1.165) is 60.7 Å². The van der Waals surface area contributed by atoms with Crippen LogP contribution in [0.1, 0.15) is 6.92 Å². The molecule has 26 nitrogen and oxygen atoms in total. The van der Waals surface area contributed by atoms with Gasteiger partial charge in [0, 0.05) is 186 Å². The summed E-state index contributed by atoms with van der Waals surface area (Å²) in [6.45, 7) is 1.48. The number of phenols is 1. The number of nitrogens with zero attached hydrogens (tertiary/aromatic N) is 8. The van der Waals surface area contributed by atoms with Crippen LogP contribution in [0.3, 0.4) is 0 Å². The number of phenolic OH excluding ortho intramolecular Hbond substituents is 1. The normalized spacial score (nSPS) is 12.3. The largest absolute Gasteiger partial charge is 0.505 e. The second kappa shape index (κ2) is 28.2. The van der Waals surface area contributed by atoms with Crippen LogP contribution in [0.4, 0.5) is 51.2 Å². The molecular weight excluding hydrogens is 1200 g/mol. The summed E-state index contributed by atoms with van der Waals surface area (Å²) >= 11 is 0. The van der Waals surface area contributed by atoms with E-state index in [4.69, 9.17) is 10.5 Å². The Bertz CT molecular complexity index is 4470. The minimum absolute atomic E-state index is 0. The number of hydrogen-bond acceptors (Lipinski definition) is 21. The second-order valence-electron chi connectivity index (χ2n) is 15.5. The van der Waals surface area contributed by atoms with Crippen LogP contribution in [-0.4, -0.2) is 224 Å². The summed E-state index contributed by atoms with van der Waals surface area (Å²) in [5.41, 5.74) is 4.41. The molecule has 0 aliphatic rings. The Balaban J connectivity index is 0.00000336. The van der Waals surface area contributed by atoms with Crippen molar-refractivity contribution in [2.24, 2.45) is 40.9 Å². The Kier molecular flexibility index (Phi) is 25.1. The Labute approximate surface area is 566 Å². The van der Waals surface area contributed by atoms with Gasteiger partial charge < -0.3 is 15.6 Å². The number of ether oxygens (including phenoxy) is 1. The molecule has 0 aliphatic carbocycles. The van der Waals surface area contributed by atoms with Crippen LogP contribution in [0.5, 0.6) is 11.5 Å². The van der Waals surface area contributed by atoms with E-state index in [2.05, 4.69) is 40.9 Å². The van der Waals surface area contributed by atoms with Gasteiger partial charge >= 0.3 is 0 Å². The third-order valence-corrected chi connectivity index (χ3v) is 14.9. The van der Waals surface area contributed by atoms with Crippen LogP contribution in [0.2, 0.25) is 0 Å². The molecule has 0 atom stereocenters. The molecule has 0 aromatic heterocycles. The van der Waals surface area contributed by atoms with E-state index in [-0.39, 0.29) is 238 Å². The number of nitrogen functional groups attached to an aromatic ring is 1. The van der Waals surface area contributed by atoms with Gasteiger partial charge in [0.1, 0.15) is 27.7 Å². The van der Waals surface area contributed by atoms with Crippen LogP contribution < -0.4 is 10.5 Å². The zero-order valence-electron chi connectivity index (χ0n) is 42.6. The standard InChI is InChI=1S/C44H33N9O17S5.5Na/c1-2-70-39-22-38(50-49-37-16-15-36(29-11-9-27(19-32(29)37)73(61,62)63)48-46-23-5-3-7-25(17-23)71(55,56)57)33-20-28(74(64,65)66)10-12-30(33)42(39)52-53-43-40(75(67,68)69)21-34-31(44(43)54)13-14-35(45)41(34)51-47-24-6-4-8-26(18-24)72(58,59)60;;;;;/h3-22,54H,2,45H2,1H3,(H,55,56,57)(H,58,59,60)(H,61,62,63)(H,64,65,66)(H,67,68,69);;;;;. The molecule has 0 unspecified atom stereocenters. The van der Waals surface area contributed by atoms with Crippen LogP contribution in [0.25, 0.3) is 32.3 Å². The van der Waals surface area contributed by atoms with Crippen LogP contribution in [0.15, 0.2) is 187 Å². The molecule has 0 saturated carbocycles. The smallest absolute Gasteiger partial charge is 0.296 e. The predicted molar refractivity (Wildman–Crippen MR) is 297 cm³/mol. The van der Waals surface area contributed by atoms with Gasteiger partial charge in [-0.05, 0) is 97.9 Å². The second-order valence-corrected chi connectivity index (χ2v) is 22.6. The number of azo groups is 4. The van der Waals surface area contributed by atoms with Crippen molar-refractivity contribution in [3.63, 3.8) is 0 Å². The third kappa shape index (κ3) is 16.4. The van der Waals surface area contributed by atoms with Gasteiger partial charge in [-0.1, -0.05) is 24.3 Å². The van der Waals surface area contributed by atoms with E-state index < -0.39 is 86.5 Å². The number of benzene rings is 8. The molecule has 8 aromatic rings. The average Bonchev–Trinajstić information content (AvgIpc) is 3.33. The minimum Gasteiger partial charge on any atom is -0.505 e. The molecule has 0 heterocycles. The fraction of sp³-hybridized carbons (Fsp3) is 0.0455. The van der Waals surface area contributed by atoms with Crippen molar-refractivity contribution in [2.45, 2.75) is 31.4 Å². The summed E-state index contributed by atoms with van der Waals surface area (Å²) < 4.78 is 177. The zero-order chi connectivity index (χ0) is 54.4. The van der Waals surface area contributed by atoms with E-state index in [0.29, 0.717) is 0 Å². The van der Waals surface area contributed by atoms with Gasteiger partial charge in [0.25, 0.3) is 50.6 Å². The summed E-state index contributed by atoms with van der Waals surface area (Å²) in [7, 11) is -24.3. The number of nitrogens with two attached hydrogens (primary N) is 1. The monoisotopic (exact) mass is 1230 g/mol. The van der Waals surface area contributed by atoms with Gasteiger partial charge in [-0.25, -0.2) is 0 Å². The first-order valence-electron chi connectivity index (χ1n) is 20.7. The van der Waals surface area contributed by atoms with Crippen LogP contribution >= 0.6 is 0 Å². The molecule has 8 N–H and O–H groups in total. The SMILES string of the molecule is CCOc1cc(N=Nc2ccc(N=Nc3cccc(S(=O)(=O)O)c3)c3ccc(S(=O)(=O)O)cc23)c2cc(S(=O)(=O)O)ccc2c1N=Nc1c(S(=O)(=O)O)cc2c(N=Nc3cccc(S(=O)(=O)O)c3)c(N)ccc2c1O.[Na].[Na].[Na].[Na].[Na]. The van der Waals surface area contributed by atoms with Crippen molar-refractivity contribution >= 4 is 282 Å². The van der Waals surface area contributed by atoms with Gasteiger partial charge in [0.2, 0.25) is 0 Å². The van der Waals surface area contributed by atoms with Crippen molar-refractivity contribution < 1.29 is 74.7 Å². The van der Waals surface area contributed by atoms with E-state index in [1.54, 1.807) is 6.92 Å². The molecule has 5 radical (unpaired) electrons. The molecule has 0 spiro atoms. The number of hydrogen-bond donors (Lipinski definition) is 7. The van der Waals surface area contributed by atoms with Gasteiger partial charge in [0.15, 0.2) is 5.75 Å². The van der Waals surface area contributed by atoms with Gasteiger partial charge in [-0.15, -0.1) is 30.7 Å². The van der Waals surface area contributed by atoms with Crippen LogP contribution in [-0.2, 0) is 50.6 Å². The predicted octanol–water partition coefficient (Wildman–Crippen LogP) is 8.82. The van der Waals surface area contributed by atoms with Crippen molar-refractivity contribution in [1.82, 2.24) is 0 Å². The molecule has 0 saturated heterocycles. The van der Waals surface area contributed by atoms with Gasteiger partial charge in [-0.2, -0.15) is 52.3 Å². The molecule has 8 aromatic carbocycles. The molecule has 0 fully saturated rings. The van der Waals surface area contributed by atoms with E-state index >= 15 is 0 Å².